The minimum absolute atomic E-state index is 0.219. The van der Waals surface area contributed by atoms with Gasteiger partial charge in [0.1, 0.15) is 5.82 Å². The highest BCUT2D eigenvalue weighted by atomic mass is 16.1. The maximum absolute atomic E-state index is 11.8. The Labute approximate surface area is 98.9 Å². The zero-order valence-corrected chi connectivity index (χ0v) is 11.0. The summed E-state index contributed by atoms with van der Waals surface area (Å²) in [5, 5.41) is 3.20. The van der Waals surface area contributed by atoms with Crippen LogP contribution in [0.2, 0.25) is 0 Å². The smallest absolute Gasteiger partial charge is 0.159 e. The molecule has 1 saturated carbocycles. The van der Waals surface area contributed by atoms with Gasteiger partial charge in [-0.3, -0.25) is 4.79 Å². The molecule has 1 aliphatic rings. The zero-order chi connectivity index (χ0) is 12.1. The number of rotatable bonds is 5. The van der Waals surface area contributed by atoms with Crippen LogP contribution in [0.15, 0.2) is 11.4 Å². The topological polar surface area (TPSA) is 32.3 Å². The van der Waals surface area contributed by atoms with Crippen LogP contribution in [-0.2, 0) is 4.79 Å². The van der Waals surface area contributed by atoms with Gasteiger partial charge in [-0.15, -0.1) is 0 Å². The van der Waals surface area contributed by atoms with Crippen molar-refractivity contribution in [3.8, 4) is 0 Å². The second-order valence-electron chi connectivity index (χ2n) is 4.56. The van der Waals surface area contributed by atoms with Gasteiger partial charge < -0.3 is 10.2 Å². The van der Waals surface area contributed by atoms with Gasteiger partial charge in [0.2, 0.25) is 0 Å². The largest absolute Gasteiger partial charge is 0.374 e. The molecule has 3 heteroatoms. The summed E-state index contributed by atoms with van der Waals surface area (Å²) in [6.07, 6.45) is 4.85. The van der Waals surface area contributed by atoms with Crippen LogP contribution in [0, 0.1) is 5.92 Å². The Hall–Kier alpha value is -0.990. The number of nitrogens with one attached hydrogen (secondary N) is 1. The lowest BCUT2D eigenvalue weighted by Crippen LogP contribution is -2.31. The molecule has 1 aliphatic carbocycles. The fourth-order valence-electron chi connectivity index (χ4n) is 2.55. The lowest BCUT2D eigenvalue weighted by Gasteiger charge is -2.26. The summed E-state index contributed by atoms with van der Waals surface area (Å²) in [7, 11) is 3.93. The maximum atomic E-state index is 11.8. The highest BCUT2D eigenvalue weighted by Gasteiger charge is 2.26. The highest BCUT2D eigenvalue weighted by Crippen LogP contribution is 2.33. The van der Waals surface area contributed by atoms with Crippen LogP contribution < -0.4 is 5.32 Å². The Bertz CT molecular complexity index is 278. The number of nitrogens with zero attached hydrogens (tertiary/aromatic N) is 1. The minimum Gasteiger partial charge on any atom is -0.374 e. The van der Waals surface area contributed by atoms with Crippen molar-refractivity contribution in [2.24, 2.45) is 5.92 Å². The SMILES string of the molecule is CCN(C)/C(NC)=C(\C(C)=O)C1CCCC1. The van der Waals surface area contributed by atoms with E-state index in [4.69, 9.17) is 0 Å². The molecule has 0 spiro atoms. The number of ketones is 1. The molecule has 0 radical (unpaired) electrons. The molecule has 0 aromatic carbocycles. The van der Waals surface area contributed by atoms with E-state index in [1.165, 1.54) is 12.8 Å². The van der Waals surface area contributed by atoms with E-state index in [0.29, 0.717) is 5.92 Å². The van der Waals surface area contributed by atoms with Crippen LogP contribution in [0.25, 0.3) is 0 Å². The monoisotopic (exact) mass is 224 g/mol. The van der Waals surface area contributed by atoms with Crippen LogP contribution in [0.3, 0.4) is 0 Å². The first kappa shape index (κ1) is 13.1. The summed E-state index contributed by atoms with van der Waals surface area (Å²) in [4.78, 5) is 13.9. The predicted molar refractivity (Wildman–Crippen MR) is 67.0 cm³/mol. The van der Waals surface area contributed by atoms with Gasteiger partial charge in [-0.05, 0) is 32.6 Å². The first-order valence-corrected chi connectivity index (χ1v) is 6.25. The molecule has 0 aliphatic heterocycles. The van der Waals surface area contributed by atoms with E-state index in [0.717, 1.165) is 30.8 Å². The molecule has 0 amide bonds. The Kier molecular flexibility index (Phi) is 4.84. The van der Waals surface area contributed by atoms with E-state index in [1.807, 2.05) is 14.1 Å². The summed E-state index contributed by atoms with van der Waals surface area (Å²) in [5.74, 6) is 1.70. The number of Topliss-reactive ketones (excluding diaryl/α,β-unsaturated/α-hetero) is 1. The van der Waals surface area contributed by atoms with E-state index in [9.17, 15) is 4.79 Å². The van der Waals surface area contributed by atoms with Crippen molar-refractivity contribution in [2.45, 2.75) is 39.5 Å². The van der Waals surface area contributed by atoms with Crippen LogP contribution in [0.4, 0.5) is 0 Å². The molecule has 92 valence electrons. The van der Waals surface area contributed by atoms with Crippen LogP contribution in [-0.4, -0.2) is 31.3 Å². The summed E-state index contributed by atoms with van der Waals surface area (Å²) < 4.78 is 0. The van der Waals surface area contributed by atoms with E-state index < -0.39 is 0 Å². The highest BCUT2D eigenvalue weighted by molar-refractivity contribution is 5.94. The molecule has 0 unspecified atom stereocenters. The van der Waals surface area contributed by atoms with Gasteiger partial charge in [0, 0.05) is 26.2 Å². The third-order valence-corrected chi connectivity index (χ3v) is 3.49. The maximum Gasteiger partial charge on any atom is 0.159 e. The molecule has 1 N–H and O–H groups in total. The normalized spacial score (nSPS) is 18.2. The van der Waals surface area contributed by atoms with Crippen LogP contribution in [0.5, 0.6) is 0 Å². The van der Waals surface area contributed by atoms with Crippen molar-refractivity contribution in [3.63, 3.8) is 0 Å². The average Bonchev–Trinajstić information content (AvgIpc) is 2.77. The van der Waals surface area contributed by atoms with Gasteiger partial charge in [0.05, 0.1) is 0 Å². The molecule has 0 aromatic heterocycles. The molecular formula is C13H24N2O. The van der Waals surface area contributed by atoms with Crippen molar-refractivity contribution in [1.29, 1.82) is 0 Å². The number of hydrogen-bond donors (Lipinski definition) is 1. The van der Waals surface area contributed by atoms with Crippen molar-refractivity contribution in [3.05, 3.63) is 11.4 Å². The fraction of sp³-hybridized carbons (Fsp3) is 0.769. The first-order chi connectivity index (χ1) is 7.61. The van der Waals surface area contributed by atoms with Gasteiger partial charge in [0.25, 0.3) is 0 Å². The summed E-state index contributed by atoms with van der Waals surface area (Å²) in [6.45, 7) is 4.71. The lowest BCUT2D eigenvalue weighted by molar-refractivity contribution is -0.114. The van der Waals surface area contributed by atoms with Crippen LogP contribution in [0.1, 0.15) is 39.5 Å². The quantitative estimate of drug-likeness (QED) is 0.726. The Morgan fingerprint density at radius 1 is 1.38 bits per heavy atom. The summed E-state index contributed by atoms with van der Waals surface area (Å²) in [6, 6.07) is 0. The van der Waals surface area contributed by atoms with E-state index in [2.05, 4.69) is 17.1 Å². The standard InChI is InChI=1S/C13H24N2O/c1-5-15(4)13(14-3)12(10(2)16)11-8-6-7-9-11/h11,14H,5-9H2,1-4H3/b13-12+. The van der Waals surface area contributed by atoms with Gasteiger partial charge in [-0.25, -0.2) is 0 Å². The first-order valence-electron chi connectivity index (χ1n) is 6.25. The lowest BCUT2D eigenvalue weighted by atomic mass is 9.94. The number of carbonyl (C=O) groups is 1. The number of carbonyl (C=O) groups excluding carboxylic acids is 1. The molecule has 0 saturated heterocycles. The Balaban J connectivity index is 3.03. The zero-order valence-electron chi connectivity index (χ0n) is 11.0. The van der Waals surface area contributed by atoms with E-state index in [-0.39, 0.29) is 5.78 Å². The molecule has 3 nitrogen and oxygen atoms in total. The van der Waals surface area contributed by atoms with E-state index >= 15 is 0 Å². The summed E-state index contributed by atoms with van der Waals surface area (Å²) in [5.41, 5.74) is 1.00. The number of allylic oxidation sites excluding steroid dienone is 1. The third kappa shape index (κ3) is 2.77. The molecule has 0 aromatic rings. The second-order valence-corrected chi connectivity index (χ2v) is 4.56. The fourth-order valence-corrected chi connectivity index (χ4v) is 2.55. The van der Waals surface area contributed by atoms with Gasteiger partial charge >= 0.3 is 0 Å². The van der Waals surface area contributed by atoms with E-state index in [1.54, 1.807) is 6.92 Å². The van der Waals surface area contributed by atoms with Crippen molar-refractivity contribution < 1.29 is 4.79 Å². The molecule has 0 bridgehead atoms. The number of hydrogen-bond acceptors (Lipinski definition) is 3. The Morgan fingerprint density at radius 3 is 2.31 bits per heavy atom. The van der Waals surface area contributed by atoms with Crippen molar-refractivity contribution in [2.75, 3.05) is 20.6 Å². The molecule has 1 rings (SSSR count). The molecular weight excluding hydrogens is 200 g/mol. The average molecular weight is 224 g/mol. The van der Waals surface area contributed by atoms with Gasteiger partial charge in [0.15, 0.2) is 5.78 Å². The van der Waals surface area contributed by atoms with Gasteiger partial charge in [-0.2, -0.15) is 0 Å². The summed E-state index contributed by atoms with van der Waals surface area (Å²) >= 11 is 0. The van der Waals surface area contributed by atoms with Crippen molar-refractivity contribution in [1.82, 2.24) is 10.2 Å². The third-order valence-electron chi connectivity index (χ3n) is 3.49. The van der Waals surface area contributed by atoms with Crippen molar-refractivity contribution >= 4 is 5.78 Å². The Morgan fingerprint density at radius 2 is 1.94 bits per heavy atom. The molecule has 0 atom stereocenters. The molecule has 16 heavy (non-hydrogen) atoms. The predicted octanol–water partition coefficient (Wildman–Crippen LogP) is 2.15. The second kappa shape index (κ2) is 5.92. The minimum atomic E-state index is 0.219. The van der Waals surface area contributed by atoms with Crippen LogP contribution >= 0.6 is 0 Å². The van der Waals surface area contributed by atoms with Gasteiger partial charge in [-0.1, -0.05) is 12.8 Å². The molecule has 0 heterocycles. The molecule has 1 fully saturated rings.